The summed E-state index contributed by atoms with van der Waals surface area (Å²) in [5.41, 5.74) is 6.72. The second-order valence-corrected chi connectivity index (χ2v) is 4.66. The fourth-order valence-corrected chi connectivity index (χ4v) is 1.94. The van der Waals surface area contributed by atoms with E-state index in [1.807, 2.05) is 0 Å². The number of nitrogens with two attached hydrogens (primary N) is 1. The summed E-state index contributed by atoms with van der Waals surface area (Å²) in [7, 11) is 0. The minimum atomic E-state index is -0.477. The van der Waals surface area contributed by atoms with Crippen LogP contribution in [0, 0.1) is 16.0 Å². The van der Waals surface area contributed by atoms with Crippen LogP contribution in [0.3, 0.4) is 0 Å². The van der Waals surface area contributed by atoms with E-state index in [1.54, 1.807) is 12.1 Å². The largest absolute Gasteiger partial charge is 0.324 e. The van der Waals surface area contributed by atoms with Crippen molar-refractivity contribution >= 4 is 17.3 Å². The summed E-state index contributed by atoms with van der Waals surface area (Å²) < 4.78 is 0. The second-order valence-electron chi connectivity index (χ2n) is 4.25. The lowest BCUT2D eigenvalue weighted by molar-refractivity contribution is -0.384. The number of hydrogen-bond donors (Lipinski definition) is 1. The van der Waals surface area contributed by atoms with Gasteiger partial charge >= 0.3 is 0 Å². The van der Waals surface area contributed by atoms with E-state index in [1.165, 1.54) is 18.9 Å². The lowest BCUT2D eigenvalue weighted by atomic mass is 10.0. The molecular weight excluding hydrogens is 228 g/mol. The standard InChI is InChI=1S/C11H13ClN2O2/c12-9-4-3-8(6-11(9)14(15)16)10(13)5-7-1-2-7/h3-4,6-7,10H,1-2,5,13H2/t10-/m1/s1. The first-order chi connectivity index (χ1) is 7.58. The molecule has 4 nitrogen and oxygen atoms in total. The Balaban J connectivity index is 2.20. The van der Waals surface area contributed by atoms with Gasteiger partial charge in [-0.2, -0.15) is 0 Å². The van der Waals surface area contributed by atoms with Gasteiger partial charge in [0.25, 0.3) is 5.69 Å². The lowest BCUT2D eigenvalue weighted by Crippen LogP contribution is -2.11. The molecule has 0 spiro atoms. The van der Waals surface area contributed by atoms with E-state index >= 15 is 0 Å². The van der Waals surface area contributed by atoms with Crippen molar-refractivity contribution in [3.63, 3.8) is 0 Å². The summed E-state index contributed by atoms with van der Waals surface area (Å²) >= 11 is 5.73. The normalized spacial score (nSPS) is 17.1. The Morgan fingerprint density at radius 2 is 2.25 bits per heavy atom. The summed E-state index contributed by atoms with van der Waals surface area (Å²) in [6.07, 6.45) is 3.35. The molecule has 0 saturated heterocycles. The summed E-state index contributed by atoms with van der Waals surface area (Å²) in [4.78, 5) is 10.2. The first-order valence-electron chi connectivity index (χ1n) is 5.27. The van der Waals surface area contributed by atoms with Gasteiger partial charge in [-0.3, -0.25) is 10.1 Å². The van der Waals surface area contributed by atoms with Crippen LogP contribution in [0.4, 0.5) is 5.69 Å². The van der Waals surface area contributed by atoms with Crippen LogP contribution < -0.4 is 5.73 Å². The van der Waals surface area contributed by atoms with Gasteiger partial charge in [0, 0.05) is 12.1 Å². The maximum absolute atomic E-state index is 10.7. The first kappa shape index (κ1) is 11.4. The summed E-state index contributed by atoms with van der Waals surface area (Å²) in [5, 5.41) is 10.9. The third kappa shape index (κ3) is 2.51. The SMILES string of the molecule is N[C@H](CC1CC1)c1ccc(Cl)c([N+](=O)[O-])c1. The molecule has 5 heteroatoms. The van der Waals surface area contributed by atoms with E-state index in [9.17, 15) is 10.1 Å². The monoisotopic (exact) mass is 240 g/mol. The zero-order chi connectivity index (χ0) is 11.7. The zero-order valence-electron chi connectivity index (χ0n) is 8.73. The van der Waals surface area contributed by atoms with Crippen LogP contribution in [-0.4, -0.2) is 4.92 Å². The Kier molecular flexibility index (Phi) is 3.12. The van der Waals surface area contributed by atoms with E-state index in [-0.39, 0.29) is 16.8 Å². The number of halogens is 1. The van der Waals surface area contributed by atoms with E-state index in [0.717, 1.165) is 12.0 Å². The quantitative estimate of drug-likeness (QED) is 0.650. The van der Waals surface area contributed by atoms with Crippen molar-refractivity contribution in [2.24, 2.45) is 11.7 Å². The molecule has 0 heterocycles. The van der Waals surface area contributed by atoms with Gasteiger partial charge in [-0.15, -0.1) is 0 Å². The van der Waals surface area contributed by atoms with Crippen LogP contribution in [0.25, 0.3) is 0 Å². The summed E-state index contributed by atoms with van der Waals surface area (Å²) in [6, 6.07) is 4.67. The number of rotatable bonds is 4. The summed E-state index contributed by atoms with van der Waals surface area (Å²) in [5.74, 6) is 0.699. The molecule has 0 bridgehead atoms. The fourth-order valence-electron chi connectivity index (χ4n) is 1.75. The second kappa shape index (κ2) is 4.39. The van der Waals surface area contributed by atoms with Crippen molar-refractivity contribution in [3.05, 3.63) is 38.9 Å². The van der Waals surface area contributed by atoms with E-state index in [4.69, 9.17) is 17.3 Å². The maximum Gasteiger partial charge on any atom is 0.288 e. The molecule has 1 atom stereocenters. The molecule has 1 fully saturated rings. The van der Waals surface area contributed by atoms with Gasteiger partial charge in [-0.1, -0.05) is 30.5 Å². The lowest BCUT2D eigenvalue weighted by Gasteiger charge is -2.11. The van der Waals surface area contributed by atoms with Gasteiger partial charge in [0.1, 0.15) is 5.02 Å². The number of nitro benzene ring substituents is 1. The molecule has 2 N–H and O–H groups in total. The molecule has 1 aromatic carbocycles. The van der Waals surface area contributed by atoms with Crippen LogP contribution in [0.1, 0.15) is 30.9 Å². The van der Waals surface area contributed by atoms with Crippen LogP contribution in [0.5, 0.6) is 0 Å². The van der Waals surface area contributed by atoms with Crippen molar-refractivity contribution in [1.29, 1.82) is 0 Å². The highest BCUT2D eigenvalue weighted by atomic mass is 35.5. The molecule has 1 aliphatic rings. The Hall–Kier alpha value is -1.13. The van der Waals surface area contributed by atoms with Gasteiger partial charge in [-0.05, 0) is 24.0 Å². The molecule has 0 unspecified atom stereocenters. The predicted octanol–water partition coefficient (Wildman–Crippen LogP) is 3.05. The molecule has 0 amide bonds. The average Bonchev–Trinajstić information content (AvgIpc) is 3.01. The van der Waals surface area contributed by atoms with Gasteiger partial charge in [0.15, 0.2) is 0 Å². The molecule has 0 aromatic heterocycles. The van der Waals surface area contributed by atoms with Gasteiger partial charge in [0.2, 0.25) is 0 Å². The highest BCUT2D eigenvalue weighted by molar-refractivity contribution is 6.32. The Morgan fingerprint density at radius 3 is 2.81 bits per heavy atom. The molecule has 1 saturated carbocycles. The first-order valence-corrected chi connectivity index (χ1v) is 5.65. The predicted molar refractivity (Wildman–Crippen MR) is 62.4 cm³/mol. The van der Waals surface area contributed by atoms with Crippen LogP contribution in [0.15, 0.2) is 18.2 Å². The Bertz CT molecular complexity index is 418. The van der Waals surface area contributed by atoms with Crippen molar-refractivity contribution in [2.75, 3.05) is 0 Å². The van der Waals surface area contributed by atoms with Gasteiger partial charge in [-0.25, -0.2) is 0 Å². The molecule has 16 heavy (non-hydrogen) atoms. The molecule has 1 aliphatic carbocycles. The van der Waals surface area contributed by atoms with Crippen LogP contribution in [-0.2, 0) is 0 Å². The van der Waals surface area contributed by atoms with Crippen molar-refractivity contribution in [1.82, 2.24) is 0 Å². The molecule has 0 aliphatic heterocycles. The fraction of sp³-hybridized carbons (Fsp3) is 0.455. The average molecular weight is 241 g/mol. The van der Waals surface area contributed by atoms with E-state index < -0.39 is 4.92 Å². The van der Waals surface area contributed by atoms with E-state index in [0.29, 0.717) is 5.92 Å². The third-order valence-corrected chi connectivity index (χ3v) is 3.20. The molecular formula is C11H13ClN2O2. The van der Waals surface area contributed by atoms with Crippen molar-refractivity contribution < 1.29 is 4.92 Å². The number of nitrogens with zero attached hydrogens (tertiary/aromatic N) is 1. The molecule has 86 valence electrons. The highest BCUT2D eigenvalue weighted by Crippen LogP contribution is 2.37. The van der Waals surface area contributed by atoms with Crippen LogP contribution in [0.2, 0.25) is 5.02 Å². The molecule has 0 radical (unpaired) electrons. The summed E-state index contributed by atoms with van der Waals surface area (Å²) in [6.45, 7) is 0. The smallest absolute Gasteiger partial charge is 0.288 e. The topological polar surface area (TPSA) is 69.2 Å². The van der Waals surface area contributed by atoms with E-state index in [2.05, 4.69) is 0 Å². The van der Waals surface area contributed by atoms with Crippen LogP contribution >= 0.6 is 11.6 Å². The number of benzene rings is 1. The maximum atomic E-state index is 10.7. The van der Waals surface area contributed by atoms with Crippen molar-refractivity contribution in [2.45, 2.75) is 25.3 Å². The van der Waals surface area contributed by atoms with Crippen molar-refractivity contribution in [3.8, 4) is 0 Å². The highest BCUT2D eigenvalue weighted by Gasteiger charge is 2.25. The van der Waals surface area contributed by atoms with Gasteiger partial charge < -0.3 is 5.73 Å². The van der Waals surface area contributed by atoms with Gasteiger partial charge in [0.05, 0.1) is 4.92 Å². The Labute approximate surface area is 98.5 Å². The Morgan fingerprint density at radius 1 is 1.56 bits per heavy atom. The minimum absolute atomic E-state index is 0.0644. The molecule has 1 aromatic rings. The zero-order valence-corrected chi connectivity index (χ0v) is 9.48. The third-order valence-electron chi connectivity index (χ3n) is 2.88. The number of hydrogen-bond acceptors (Lipinski definition) is 3. The minimum Gasteiger partial charge on any atom is -0.324 e. The number of nitro groups is 1. The molecule has 2 rings (SSSR count).